The molecule has 138 valence electrons. The molecule has 1 aliphatic carbocycles. The Morgan fingerprint density at radius 1 is 1.30 bits per heavy atom. The number of hydrogen-bond acceptors (Lipinski definition) is 5. The van der Waals surface area contributed by atoms with Crippen molar-refractivity contribution in [2.75, 3.05) is 16.9 Å². The van der Waals surface area contributed by atoms with Crippen molar-refractivity contribution < 1.29 is 14.0 Å². The van der Waals surface area contributed by atoms with E-state index in [1.165, 1.54) is 30.8 Å². The van der Waals surface area contributed by atoms with Gasteiger partial charge in [0, 0.05) is 24.2 Å². The number of halogens is 1. The van der Waals surface area contributed by atoms with Crippen molar-refractivity contribution in [3.05, 3.63) is 46.9 Å². The summed E-state index contributed by atoms with van der Waals surface area (Å²) in [5, 5.41) is 15.0. The van der Waals surface area contributed by atoms with E-state index in [2.05, 4.69) is 15.6 Å². The smallest absolute Gasteiger partial charge is 0.257 e. The summed E-state index contributed by atoms with van der Waals surface area (Å²) >= 11 is 1.29. The molecule has 2 aromatic rings. The van der Waals surface area contributed by atoms with Crippen LogP contribution in [0, 0.1) is 17.1 Å². The van der Waals surface area contributed by atoms with Gasteiger partial charge in [0.15, 0.2) is 0 Å². The lowest BCUT2D eigenvalue weighted by Gasteiger charge is -2.12. The van der Waals surface area contributed by atoms with Gasteiger partial charge in [-0.05, 0) is 43.4 Å². The minimum atomic E-state index is -0.641. The second-order valence-electron chi connectivity index (χ2n) is 6.19. The standard InChI is InChI=1S/C19H17FN4O2S/c1-10(25)22-12-5-6-15(20)17(7-12)23-18(26)13-8-16(11-3-4-11)24-19(27-2)14(13)9-21/h5-8,11H,3-4H2,1-2H3,(H,22,25)(H,23,26). The van der Waals surface area contributed by atoms with Gasteiger partial charge in [0.25, 0.3) is 5.91 Å². The number of nitrogens with one attached hydrogen (secondary N) is 2. The summed E-state index contributed by atoms with van der Waals surface area (Å²) in [4.78, 5) is 28.4. The molecule has 27 heavy (non-hydrogen) atoms. The number of nitriles is 1. The summed E-state index contributed by atoms with van der Waals surface area (Å²) < 4.78 is 14.1. The first kappa shape index (κ1) is 18.9. The first-order valence-electron chi connectivity index (χ1n) is 8.30. The molecular formula is C19H17FN4O2S. The number of hydrogen-bond donors (Lipinski definition) is 2. The average molecular weight is 384 g/mol. The maximum atomic E-state index is 14.1. The van der Waals surface area contributed by atoms with Crippen LogP contribution in [-0.2, 0) is 4.79 Å². The van der Waals surface area contributed by atoms with Crippen LogP contribution >= 0.6 is 11.8 Å². The summed E-state index contributed by atoms with van der Waals surface area (Å²) in [5.41, 5.74) is 1.39. The summed E-state index contributed by atoms with van der Waals surface area (Å²) in [6.07, 6.45) is 3.79. The van der Waals surface area contributed by atoms with Gasteiger partial charge in [-0.2, -0.15) is 5.26 Å². The molecule has 0 unspecified atom stereocenters. The van der Waals surface area contributed by atoms with E-state index >= 15 is 0 Å². The van der Waals surface area contributed by atoms with E-state index in [-0.39, 0.29) is 22.7 Å². The van der Waals surface area contributed by atoms with Crippen LogP contribution in [0.25, 0.3) is 0 Å². The van der Waals surface area contributed by atoms with Gasteiger partial charge < -0.3 is 10.6 Å². The van der Waals surface area contributed by atoms with Crippen molar-refractivity contribution in [1.82, 2.24) is 4.98 Å². The van der Waals surface area contributed by atoms with E-state index in [0.29, 0.717) is 16.6 Å². The molecule has 2 amide bonds. The Balaban J connectivity index is 1.95. The lowest BCUT2D eigenvalue weighted by Crippen LogP contribution is -2.17. The zero-order valence-electron chi connectivity index (χ0n) is 14.8. The van der Waals surface area contributed by atoms with Crippen LogP contribution in [0.1, 0.15) is 47.3 Å². The summed E-state index contributed by atoms with van der Waals surface area (Å²) in [6, 6.07) is 7.52. The fraction of sp³-hybridized carbons (Fsp3) is 0.263. The Labute approximate surface area is 160 Å². The van der Waals surface area contributed by atoms with Crippen molar-refractivity contribution in [3.63, 3.8) is 0 Å². The second kappa shape index (κ2) is 7.76. The molecule has 1 aromatic heterocycles. The third-order valence-corrected chi connectivity index (χ3v) is 4.77. The zero-order chi connectivity index (χ0) is 19.6. The molecule has 0 atom stereocenters. The number of anilines is 2. The number of aromatic nitrogens is 1. The Kier molecular flexibility index (Phi) is 5.42. The Bertz CT molecular complexity index is 967. The quantitative estimate of drug-likeness (QED) is 0.763. The number of pyridine rings is 1. The van der Waals surface area contributed by atoms with Gasteiger partial charge in [-0.15, -0.1) is 11.8 Å². The average Bonchev–Trinajstić information content (AvgIpc) is 3.48. The molecular weight excluding hydrogens is 367 g/mol. The number of thioether (sulfide) groups is 1. The normalized spacial score (nSPS) is 13.0. The summed E-state index contributed by atoms with van der Waals surface area (Å²) in [5.74, 6) is -1.24. The maximum Gasteiger partial charge on any atom is 0.257 e. The molecule has 2 N–H and O–H groups in total. The van der Waals surface area contributed by atoms with Gasteiger partial charge in [0.1, 0.15) is 16.9 Å². The molecule has 0 radical (unpaired) electrons. The van der Waals surface area contributed by atoms with Gasteiger partial charge in [-0.3, -0.25) is 9.59 Å². The van der Waals surface area contributed by atoms with Crippen molar-refractivity contribution >= 4 is 35.0 Å². The fourth-order valence-corrected chi connectivity index (χ4v) is 3.21. The predicted octanol–water partition coefficient (Wildman–Crippen LogP) is 3.90. The van der Waals surface area contributed by atoms with Crippen LogP contribution in [0.4, 0.5) is 15.8 Å². The molecule has 1 aromatic carbocycles. The molecule has 1 heterocycles. The number of nitrogens with zero attached hydrogens (tertiary/aromatic N) is 2. The largest absolute Gasteiger partial charge is 0.326 e. The van der Waals surface area contributed by atoms with Crippen LogP contribution in [-0.4, -0.2) is 23.1 Å². The molecule has 0 aliphatic heterocycles. The van der Waals surface area contributed by atoms with Gasteiger partial charge in [-0.1, -0.05) is 0 Å². The van der Waals surface area contributed by atoms with E-state index in [9.17, 15) is 19.2 Å². The Hall–Kier alpha value is -2.92. The van der Waals surface area contributed by atoms with Crippen LogP contribution in [0.5, 0.6) is 0 Å². The van der Waals surface area contributed by atoms with Gasteiger partial charge in [0.2, 0.25) is 5.91 Å². The van der Waals surface area contributed by atoms with Crippen molar-refractivity contribution in [2.24, 2.45) is 0 Å². The summed E-state index contributed by atoms with van der Waals surface area (Å²) in [7, 11) is 0. The number of carbonyl (C=O) groups is 2. The highest BCUT2D eigenvalue weighted by atomic mass is 32.2. The van der Waals surface area contributed by atoms with Crippen molar-refractivity contribution in [2.45, 2.75) is 30.7 Å². The summed E-state index contributed by atoms with van der Waals surface area (Å²) in [6.45, 7) is 1.33. The molecule has 0 spiro atoms. The number of carbonyl (C=O) groups excluding carboxylic acids is 2. The Morgan fingerprint density at radius 3 is 2.63 bits per heavy atom. The number of benzene rings is 1. The molecule has 1 fully saturated rings. The van der Waals surface area contributed by atoms with Crippen molar-refractivity contribution in [1.29, 1.82) is 5.26 Å². The van der Waals surface area contributed by atoms with E-state index in [1.807, 2.05) is 6.07 Å². The first-order chi connectivity index (χ1) is 12.9. The van der Waals surface area contributed by atoms with Gasteiger partial charge in [-0.25, -0.2) is 9.37 Å². The minimum absolute atomic E-state index is 0.0781. The van der Waals surface area contributed by atoms with Crippen LogP contribution in [0.2, 0.25) is 0 Å². The number of rotatable bonds is 5. The third kappa shape index (κ3) is 4.26. The molecule has 6 nitrogen and oxygen atoms in total. The topological polar surface area (TPSA) is 94.9 Å². The zero-order valence-corrected chi connectivity index (χ0v) is 15.6. The molecule has 3 rings (SSSR count). The van der Waals surface area contributed by atoms with Gasteiger partial charge in [0.05, 0.1) is 16.8 Å². The lowest BCUT2D eigenvalue weighted by atomic mass is 10.1. The van der Waals surface area contributed by atoms with Crippen LogP contribution in [0.15, 0.2) is 29.3 Å². The third-order valence-electron chi connectivity index (χ3n) is 4.09. The van der Waals surface area contributed by atoms with E-state index < -0.39 is 11.7 Å². The predicted molar refractivity (Wildman–Crippen MR) is 101 cm³/mol. The molecule has 8 heteroatoms. The minimum Gasteiger partial charge on any atom is -0.326 e. The monoisotopic (exact) mass is 384 g/mol. The Morgan fingerprint density at radius 2 is 2.04 bits per heavy atom. The van der Waals surface area contributed by atoms with Crippen molar-refractivity contribution in [3.8, 4) is 6.07 Å². The van der Waals surface area contributed by atoms with Gasteiger partial charge >= 0.3 is 0 Å². The van der Waals surface area contributed by atoms with E-state index in [0.717, 1.165) is 24.6 Å². The maximum absolute atomic E-state index is 14.1. The number of amides is 2. The molecule has 1 aliphatic rings. The van der Waals surface area contributed by atoms with Crippen LogP contribution in [0.3, 0.4) is 0 Å². The van der Waals surface area contributed by atoms with E-state index in [1.54, 1.807) is 12.3 Å². The van der Waals surface area contributed by atoms with E-state index in [4.69, 9.17) is 0 Å². The highest BCUT2D eigenvalue weighted by Crippen LogP contribution is 2.40. The molecule has 0 saturated heterocycles. The highest BCUT2D eigenvalue weighted by Gasteiger charge is 2.28. The van der Waals surface area contributed by atoms with Crippen LogP contribution < -0.4 is 10.6 Å². The highest BCUT2D eigenvalue weighted by molar-refractivity contribution is 7.98. The fourth-order valence-electron chi connectivity index (χ4n) is 2.66. The first-order valence-corrected chi connectivity index (χ1v) is 9.53. The SMILES string of the molecule is CSc1nc(C2CC2)cc(C(=O)Nc2cc(NC(C)=O)ccc2F)c1C#N. The molecule has 1 saturated carbocycles. The molecule has 0 bridgehead atoms. The lowest BCUT2D eigenvalue weighted by molar-refractivity contribution is -0.114. The second-order valence-corrected chi connectivity index (χ2v) is 6.99.